The molecular weight excluding hydrogens is 434 g/mol. The molecule has 12 heteroatoms. The Labute approximate surface area is 179 Å². The Bertz CT molecular complexity index is 1190. The number of alkyl halides is 3. The van der Waals surface area contributed by atoms with Crippen LogP contribution in [-0.4, -0.2) is 33.3 Å². The molecule has 0 aliphatic carbocycles. The summed E-state index contributed by atoms with van der Waals surface area (Å²) in [7, 11) is 1.68. The van der Waals surface area contributed by atoms with E-state index in [0.717, 1.165) is 6.07 Å². The highest BCUT2D eigenvalue weighted by Gasteiger charge is 2.35. The Morgan fingerprint density at radius 3 is 2.56 bits per heavy atom. The number of nitrogens with zero attached hydrogens (tertiary/aromatic N) is 4. The second-order valence-corrected chi connectivity index (χ2v) is 7.16. The highest BCUT2D eigenvalue weighted by atomic mass is 19.4. The predicted octanol–water partition coefficient (Wildman–Crippen LogP) is 4.42. The van der Waals surface area contributed by atoms with Crippen LogP contribution in [0.1, 0.15) is 25.1 Å². The first-order valence-corrected chi connectivity index (χ1v) is 9.35. The van der Waals surface area contributed by atoms with Gasteiger partial charge in [-0.2, -0.15) is 23.3 Å². The Balaban J connectivity index is 2.01. The Morgan fingerprint density at radius 2 is 1.97 bits per heavy atom. The second kappa shape index (κ2) is 8.44. The lowest BCUT2D eigenvalue weighted by atomic mass is 10.1. The fraction of sp³-hybridized carbons (Fsp3) is 0.300. The van der Waals surface area contributed by atoms with E-state index >= 15 is 0 Å². The number of benzene rings is 1. The van der Waals surface area contributed by atoms with Gasteiger partial charge in [0.25, 0.3) is 0 Å². The number of rotatable bonds is 5. The molecule has 0 spiro atoms. The van der Waals surface area contributed by atoms with E-state index in [4.69, 9.17) is 4.74 Å². The number of urea groups is 1. The molecule has 3 rings (SSSR count). The molecule has 0 saturated carbocycles. The van der Waals surface area contributed by atoms with Crippen molar-refractivity contribution in [1.29, 1.82) is 0 Å². The molecule has 0 aliphatic heterocycles. The van der Waals surface area contributed by atoms with Crippen LogP contribution in [0.4, 0.5) is 33.7 Å². The number of halogens is 4. The molecule has 0 fully saturated rings. The van der Waals surface area contributed by atoms with E-state index in [9.17, 15) is 27.2 Å². The molecule has 170 valence electrons. The van der Waals surface area contributed by atoms with Crippen molar-refractivity contribution < 1.29 is 31.9 Å². The standard InChI is InChI=1S/C20H19F4N5O3/c1-10(2)32-18-16(8-13-11(3)27-28(4)17(13)26-18)25-19(31)29(9-30)12-5-6-15(21)14(7-12)20(22,23)24/h5-10H,1-4H3,(H,25,31). The van der Waals surface area contributed by atoms with Gasteiger partial charge in [0.15, 0.2) is 5.65 Å². The van der Waals surface area contributed by atoms with Crippen molar-refractivity contribution in [1.82, 2.24) is 14.8 Å². The molecule has 32 heavy (non-hydrogen) atoms. The van der Waals surface area contributed by atoms with Gasteiger partial charge in [0.1, 0.15) is 11.5 Å². The summed E-state index contributed by atoms with van der Waals surface area (Å²) in [6.45, 7) is 5.20. The molecule has 3 aromatic rings. The quantitative estimate of drug-likeness (QED) is 0.457. The summed E-state index contributed by atoms with van der Waals surface area (Å²) in [6.07, 6.45) is -5.30. The summed E-state index contributed by atoms with van der Waals surface area (Å²) in [6, 6.07) is 2.24. The van der Waals surface area contributed by atoms with Crippen molar-refractivity contribution in [3.63, 3.8) is 0 Å². The van der Waals surface area contributed by atoms with Gasteiger partial charge in [-0.25, -0.2) is 14.1 Å². The number of anilines is 2. The van der Waals surface area contributed by atoms with Gasteiger partial charge in [-0.15, -0.1) is 0 Å². The smallest absolute Gasteiger partial charge is 0.419 e. The third-order valence-electron chi connectivity index (χ3n) is 4.41. The van der Waals surface area contributed by atoms with Crippen LogP contribution in [0.5, 0.6) is 5.88 Å². The van der Waals surface area contributed by atoms with Gasteiger partial charge in [0, 0.05) is 12.4 Å². The minimum atomic E-state index is -5.00. The molecule has 0 saturated heterocycles. The average molecular weight is 453 g/mol. The third-order valence-corrected chi connectivity index (χ3v) is 4.41. The summed E-state index contributed by atoms with van der Waals surface area (Å²) in [5.41, 5.74) is -0.895. The summed E-state index contributed by atoms with van der Waals surface area (Å²) in [4.78, 5) is 29.1. The van der Waals surface area contributed by atoms with E-state index in [1.54, 1.807) is 27.8 Å². The second-order valence-electron chi connectivity index (χ2n) is 7.16. The molecule has 0 aliphatic rings. The number of ether oxygens (including phenoxy) is 1. The zero-order valence-corrected chi connectivity index (χ0v) is 17.5. The number of aromatic nitrogens is 3. The highest BCUT2D eigenvalue weighted by molar-refractivity contribution is 6.12. The first-order chi connectivity index (χ1) is 14.9. The number of fused-ring (bicyclic) bond motifs is 1. The predicted molar refractivity (Wildman–Crippen MR) is 108 cm³/mol. The van der Waals surface area contributed by atoms with E-state index < -0.39 is 29.3 Å². The van der Waals surface area contributed by atoms with Crippen molar-refractivity contribution in [3.05, 3.63) is 41.3 Å². The van der Waals surface area contributed by atoms with Crippen LogP contribution >= 0.6 is 0 Å². The molecule has 3 amide bonds. The van der Waals surface area contributed by atoms with Gasteiger partial charge in [0.2, 0.25) is 12.3 Å². The van der Waals surface area contributed by atoms with E-state index in [0.29, 0.717) is 33.8 Å². The fourth-order valence-electron chi connectivity index (χ4n) is 3.01. The van der Waals surface area contributed by atoms with Crippen molar-refractivity contribution in [2.75, 3.05) is 10.2 Å². The number of pyridine rings is 1. The van der Waals surface area contributed by atoms with Gasteiger partial charge < -0.3 is 10.1 Å². The Kier molecular flexibility index (Phi) is 6.06. The van der Waals surface area contributed by atoms with Gasteiger partial charge in [-0.05, 0) is 45.0 Å². The van der Waals surface area contributed by atoms with Gasteiger partial charge in [-0.3, -0.25) is 9.48 Å². The summed E-state index contributed by atoms with van der Waals surface area (Å²) >= 11 is 0. The number of carbonyl (C=O) groups is 2. The van der Waals surface area contributed by atoms with E-state index in [-0.39, 0.29) is 24.1 Å². The fourth-order valence-corrected chi connectivity index (χ4v) is 3.01. The first kappa shape index (κ1) is 23.0. The van der Waals surface area contributed by atoms with Crippen molar-refractivity contribution in [3.8, 4) is 5.88 Å². The third kappa shape index (κ3) is 4.48. The number of nitrogens with one attached hydrogen (secondary N) is 1. The van der Waals surface area contributed by atoms with Crippen LogP contribution in [0.3, 0.4) is 0 Å². The number of imide groups is 1. The monoisotopic (exact) mass is 453 g/mol. The number of hydrogen-bond acceptors (Lipinski definition) is 5. The molecule has 1 aromatic carbocycles. The Morgan fingerprint density at radius 1 is 1.28 bits per heavy atom. The average Bonchev–Trinajstić information content (AvgIpc) is 2.95. The SMILES string of the molecule is Cc1nn(C)c2nc(OC(C)C)c(NC(=O)N(C=O)c3ccc(F)c(C(F)(F)F)c3)cc12. The van der Waals surface area contributed by atoms with Crippen LogP contribution < -0.4 is 15.0 Å². The van der Waals surface area contributed by atoms with E-state index in [2.05, 4.69) is 15.4 Å². The topological polar surface area (TPSA) is 89.3 Å². The Hall–Kier alpha value is -3.70. The maximum Gasteiger partial charge on any atom is 0.419 e. The van der Waals surface area contributed by atoms with Crippen LogP contribution in [-0.2, 0) is 18.0 Å². The normalized spacial score (nSPS) is 11.7. The minimum absolute atomic E-state index is 0.0208. The molecule has 1 N–H and O–H groups in total. The lowest BCUT2D eigenvalue weighted by molar-refractivity contribution is -0.140. The van der Waals surface area contributed by atoms with Crippen molar-refractivity contribution >= 4 is 34.8 Å². The highest BCUT2D eigenvalue weighted by Crippen LogP contribution is 2.34. The summed E-state index contributed by atoms with van der Waals surface area (Å²) in [5, 5.41) is 7.27. The lowest BCUT2D eigenvalue weighted by Crippen LogP contribution is -2.34. The molecule has 0 radical (unpaired) electrons. The van der Waals surface area contributed by atoms with Crippen LogP contribution in [0.15, 0.2) is 24.3 Å². The summed E-state index contributed by atoms with van der Waals surface area (Å²) < 4.78 is 59.8. The largest absolute Gasteiger partial charge is 0.473 e. The van der Waals surface area contributed by atoms with Gasteiger partial charge >= 0.3 is 12.2 Å². The number of hydrogen-bond donors (Lipinski definition) is 1. The van der Waals surface area contributed by atoms with Crippen molar-refractivity contribution in [2.45, 2.75) is 33.1 Å². The van der Waals surface area contributed by atoms with E-state index in [1.807, 2.05) is 0 Å². The first-order valence-electron chi connectivity index (χ1n) is 9.35. The maximum absolute atomic E-state index is 13.6. The molecule has 2 aromatic heterocycles. The molecule has 2 heterocycles. The molecule has 0 unspecified atom stereocenters. The number of amides is 3. The zero-order chi connectivity index (χ0) is 23.8. The number of aryl methyl sites for hydroxylation is 2. The minimum Gasteiger partial charge on any atom is -0.473 e. The molecule has 0 atom stereocenters. The van der Waals surface area contributed by atoms with Crippen LogP contribution in [0, 0.1) is 12.7 Å². The number of carbonyl (C=O) groups excluding carboxylic acids is 2. The van der Waals surface area contributed by atoms with Crippen LogP contribution in [0.25, 0.3) is 11.0 Å². The molecular formula is C20H19F4N5O3. The lowest BCUT2D eigenvalue weighted by Gasteiger charge is -2.20. The molecule has 8 nitrogen and oxygen atoms in total. The zero-order valence-electron chi connectivity index (χ0n) is 17.5. The maximum atomic E-state index is 13.6. The van der Waals surface area contributed by atoms with Gasteiger partial charge in [0.05, 0.1) is 23.0 Å². The molecule has 0 bridgehead atoms. The summed E-state index contributed by atoms with van der Waals surface area (Å²) in [5.74, 6) is -1.49. The van der Waals surface area contributed by atoms with Crippen molar-refractivity contribution in [2.24, 2.45) is 7.05 Å². The van der Waals surface area contributed by atoms with E-state index in [1.165, 1.54) is 10.7 Å². The van der Waals surface area contributed by atoms with Gasteiger partial charge in [-0.1, -0.05) is 0 Å². The van der Waals surface area contributed by atoms with Crippen LogP contribution in [0.2, 0.25) is 0 Å².